The zero-order chi connectivity index (χ0) is 16.9. The van der Waals surface area contributed by atoms with E-state index >= 15 is 0 Å². The number of pyridine rings is 1. The fourth-order valence-electron chi connectivity index (χ4n) is 2.61. The summed E-state index contributed by atoms with van der Waals surface area (Å²) in [6.45, 7) is 4.40. The maximum Gasteiger partial charge on any atom is 0.240 e. The first-order valence-electron chi connectivity index (χ1n) is 7.85. The number of nitrogens with zero attached hydrogens (tertiary/aromatic N) is 3. The van der Waals surface area contributed by atoms with E-state index in [0.29, 0.717) is 0 Å². The van der Waals surface area contributed by atoms with Crippen molar-refractivity contribution in [3.63, 3.8) is 0 Å². The summed E-state index contributed by atoms with van der Waals surface area (Å²) >= 11 is 0. The maximum absolute atomic E-state index is 12.4. The molecular formula is C19H20N4O. The Hall–Kier alpha value is -2.95. The van der Waals surface area contributed by atoms with E-state index in [1.165, 1.54) is 11.1 Å². The summed E-state index contributed by atoms with van der Waals surface area (Å²) in [6, 6.07) is 9.92. The smallest absolute Gasteiger partial charge is 0.240 e. The lowest BCUT2D eigenvalue weighted by atomic mass is 9.96. The largest absolute Gasteiger partial charge is 0.344 e. The van der Waals surface area contributed by atoms with Crippen LogP contribution in [-0.2, 0) is 11.3 Å². The van der Waals surface area contributed by atoms with Crippen molar-refractivity contribution in [1.82, 2.24) is 19.9 Å². The minimum Gasteiger partial charge on any atom is -0.344 e. The molecule has 0 saturated heterocycles. The van der Waals surface area contributed by atoms with Crippen molar-refractivity contribution < 1.29 is 4.79 Å². The number of aromatic nitrogens is 3. The lowest BCUT2D eigenvalue weighted by Crippen LogP contribution is -2.32. The van der Waals surface area contributed by atoms with E-state index in [2.05, 4.69) is 47.3 Å². The highest BCUT2D eigenvalue weighted by Crippen LogP contribution is 2.23. The molecule has 0 aliphatic rings. The van der Waals surface area contributed by atoms with Crippen molar-refractivity contribution in [2.24, 2.45) is 0 Å². The minimum atomic E-state index is -0.205. The van der Waals surface area contributed by atoms with Gasteiger partial charge in [-0.25, -0.2) is 4.98 Å². The number of rotatable bonds is 5. The molecule has 0 bridgehead atoms. The summed E-state index contributed by atoms with van der Waals surface area (Å²) in [5.74, 6) is -0.0620. The summed E-state index contributed by atoms with van der Waals surface area (Å²) in [4.78, 5) is 20.5. The number of nitrogens with one attached hydrogen (secondary N) is 1. The molecule has 3 aromatic rings. The molecule has 5 heteroatoms. The van der Waals surface area contributed by atoms with Crippen LogP contribution in [0.2, 0.25) is 0 Å². The van der Waals surface area contributed by atoms with Crippen LogP contribution in [-0.4, -0.2) is 20.4 Å². The van der Waals surface area contributed by atoms with Gasteiger partial charge in [-0.3, -0.25) is 9.78 Å². The first-order valence-corrected chi connectivity index (χ1v) is 7.85. The van der Waals surface area contributed by atoms with Gasteiger partial charge < -0.3 is 9.88 Å². The molecule has 1 atom stereocenters. The summed E-state index contributed by atoms with van der Waals surface area (Å²) in [5.41, 5.74) is 4.50. The molecule has 2 heterocycles. The van der Waals surface area contributed by atoms with Crippen LogP contribution in [0, 0.1) is 13.8 Å². The first-order chi connectivity index (χ1) is 11.6. The fraction of sp³-hybridized carbons (Fsp3) is 0.211. The molecule has 0 spiro atoms. The van der Waals surface area contributed by atoms with Gasteiger partial charge in [0.2, 0.25) is 5.91 Å². The van der Waals surface area contributed by atoms with Gasteiger partial charge in [-0.15, -0.1) is 0 Å². The van der Waals surface area contributed by atoms with Gasteiger partial charge in [-0.05, 0) is 48.2 Å². The molecule has 5 nitrogen and oxygen atoms in total. The van der Waals surface area contributed by atoms with Gasteiger partial charge >= 0.3 is 0 Å². The average Bonchev–Trinajstić information content (AvgIpc) is 3.09. The monoisotopic (exact) mass is 320 g/mol. The zero-order valence-corrected chi connectivity index (χ0v) is 13.8. The van der Waals surface area contributed by atoms with E-state index in [1.807, 2.05) is 12.1 Å². The predicted octanol–water partition coefficient (Wildman–Crippen LogP) is 2.80. The van der Waals surface area contributed by atoms with Gasteiger partial charge in [-0.1, -0.05) is 18.2 Å². The van der Waals surface area contributed by atoms with Gasteiger partial charge in [0.05, 0.1) is 12.4 Å². The van der Waals surface area contributed by atoms with E-state index in [0.717, 1.165) is 11.1 Å². The van der Waals surface area contributed by atoms with Crippen molar-refractivity contribution in [3.8, 4) is 0 Å². The second-order valence-electron chi connectivity index (χ2n) is 5.86. The highest BCUT2D eigenvalue weighted by molar-refractivity contribution is 5.76. The molecule has 1 aromatic carbocycles. The molecule has 0 radical (unpaired) electrons. The SMILES string of the molecule is Cc1ccc([C@@H](NC(=O)Cn2ccnc2)c2ccncc2)cc1C. The molecule has 0 fully saturated rings. The number of carbonyl (C=O) groups is 1. The third kappa shape index (κ3) is 3.68. The van der Waals surface area contributed by atoms with Crippen molar-refractivity contribution >= 4 is 5.91 Å². The fourth-order valence-corrected chi connectivity index (χ4v) is 2.61. The molecule has 0 aliphatic heterocycles. The average molecular weight is 320 g/mol. The number of benzene rings is 1. The molecule has 0 aliphatic carbocycles. The van der Waals surface area contributed by atoms with Crippen LogP contribution in [0.25, 0.3) is 0 Å². The van der Waals surface area contributed by atoms with Gasteiger partial charge in [0.25, 0.3) is 0 Å². The van der Waals surface area contributed by atoms with Crippen molar-refractivity contribution in [3.05, 3.63) is 83.7 Å². The van der Waals surface area contributed by atoms with Crippen molar-refractivity contribution in [1.29, 1.82) is 0 Å². The highest BCUT2D eigenvalue weighted by Gasteiger charge is 2.17. The van der Waals surface area contributed by atoms with Crippen LogP contribution in [0.3, 0.4) is 0 Å². The Labute approximate surface area is 141 Å². The standard InChI is InChI=1S/C19H20N4O/c1-14-3-4-17(11-15(14)2)19(16-5-7-20-8-6-16)22-18(24)12-23-10-9-21-13-23/h3-11,13,19H,12H2,1-2H3,(H,22,24)/t19-/m0/s1. The Balaban J connectivity index is 1.87. The van der Waals surface area contributed by atoms with Crippen LogP contribution >= 0.6 is 0 Å². The number of carbonyl (C=O) groups excluding carboxylic acids is 1. The minimum absolute atomic E-state index is 0.0620. The number of hydrogen-bond donors (Lipinski definition) is 1. The summed E-state index contributed by atoms with van der Waals surface area (Å²) < 4.78 is 1.75. The number of imidazole rings is 1. The van der Waals surface area contributed by atoms with Crippen LogP contribution in [0.5, 0.6) is 0 Å². The Morgan fingerprint density at radius 1 is 1.04 bits per heavy atom. The molecule has 0 saturated carbocycles. The molecular weight excluding hydrogens is 300 g/mol. The molecule has 122 valence electrons. The Morgan fingerprint density at radius 2 is 1.83 bits per heavy atom. The number of amides is 1. The van der Waals surface area contributed by atoms with Gasteiger partial charge in [-0.2, -0.15) is 0 Å². The summed E-state index contributed by atoms with van der Waals surface area (Å²) in [6.07, 6.45) is 8.56. The molecule has 0 unspecified atom stereocenters. The lowest BCUT2D eigenvalue weighted by Gasteiger charge is -2.21. The molecule has 3 rings (SSSR count). The van der Waals surface area contributed by atoms with Crippen molar-refractivity contribution in [2.45, 2.75) is 26.4 Å². The van der Waals surface area contributed by atoms with Gasteiger partial charge in [0.1, 0.15) is 6.54 Å². The second kappa shape index (κ2) is 7.08. The van der Waals surface area contributed by atoms with E-state index in [1.54, 1.807) is 35.7 Å². The topological polar surface area (TPSA) is 59.8 Å². The molecule has 24 heavy (non-hydrogen) atoms. The van der Waals surface area contributed by atoms with E-state index in [-0.39, 0.29) is 18.5 Å². The van der Waals surface area contributed by atoms with Crippen LogP contribution in [0.4, 0.5) is 0 Å². The lowest BCUT2D eigenvalue weighted by molar-refractivity contribution is -0.122. The second-order valence-corrected chi connectivity index (χ2v) is 5.86. The molecule has 1 N–H and O–H groups in total. The van der Waals surface area contributed by atoms with Gasteiger partial charge in [0, 0.05) is 24.8 Å². The van der Waals surface area contributed by atoms with Crippen LogP contribution in [0.1, 0.15) is 28.3 Å². The van der Waals surface area contributed by atoms with E-state index in [4.69, 9.17) is 0 Å². The highest BCUT2D eigenvalue weighted by atomic mass is 16.2. The number of hydrogen-bond acceptors (Lipinski definition) is 3. The third-order valence-electron chi connectivity index (χ3n) is 4.09. The maximum atomic E-state index is 12.4. The summed E-state index contributed by atoms with van der Waals surface area (Å²) in [7, 11) is 0. The van der Waals surface area contributed by atoms with Crippen LogP contribution in [0.15, 0.2) is 61.4 Å². The third-order valence-corrected chi connectivity index (χ3v) is 4.09. The molecule has 1 amide bonds. The Morgan fingerprint density at radius 3 is 2.50 bits per heavy atom. The number of aryl methyl sites for hydroxylation is 2. The first kappa shape index (κ1) is 15.9. The summed E-state index contributed by atoms with van der Waals surface area (Å²) in [5, 5.41) is 3.12. The van der Waals surface area contributed by atoms with Gasteiger partial charge in [0.15, 0.2) is 0 Å². The molecule has 2 aromatic heterocycles. The Bertz CT molecular complexity index is 813. The van der Waals surface area contributed by atoms with E-state index < -0.39 is 0 Å². The zero-order valence-electron chi connectivity index (χ0n) is 13.8. The predicted molar refractivity (Wildman–Crippen MR) is 92.4 cm³/mol. The van der Waals surface area contributed by atoms with Crippen LogP contribution < -0.4 is 5.32 Å². The van der Waals surface area contributed by atoms with E-state index in [9.17, 15) is 4.79 Å². The Kier molecular flexibility index (Phi) is 4.70. The quantitative estimate of drug-likeness (QED) is 0.786. The van der Waals surface area contributed by atoms with Crippen molar-refractivity contribution in [2.75, 3.05) is 0 Å². The normalized spacial score (nSPS) is 11.9.